The van der Waals surface area contributed by atoms with Gasteiger partial charge in [-0.15, -0.1) is 11.3 Å². The third kappa shape index (κ3) is 6.36. The van der Waals surface area contributed by atoms with Crippen LogP contribution in [-0.4, -0.2) is 43.5 Å². The van der Waals surface area contributed by atoms with Gasteiger partial charge in [0, 0.05) is 31.7 Å². The zero-order valence-corrected chi connectivity index (χ0v) is 15.9. The minimum atomic E-state index is -0.0919. The molecule has 25 heavy (non-hydrogen) atoms. The Kier molecular flexibility index (Phi) is 7.69. The molecule has 1 heterocycles. The van der Waals surface area contributed by atoms with Gasteiger partial charge in [-0.1, -0.05) is 23.7 Å². The van der Waals surface area contributed by atoms with Crippen molar-refractivity contribution >= 4 is 34.8 Å². The molecule has 134 valence electrons. The van der Waals surface area contributed by atoms with Crippen molar-refractivity contribution in [3.63, 3.8) is 0 Å². The number of aliphatic imine (C=N–C) groups is 1. The number of thiazole rings is 1. The number of nitrogens with zero attached hydrogens (tertiary/aromatic N) is 2. The van der Waals surface area contributed by atoms with Crippen LogP contribution in [0.3, 0.4) is 0 Å². The van der Waals surface area contributed by atoms with E-state index in [1.54, 1.807) is 12.6 Å². The van der Waals surface area contributed by atoms with Gasteiger partial charge in [0.2, 0.25) is 0 Å². The highest BCUT2D eigenvalue weighted by Crippen LogP contribution is 2.11. The molecule has 8 heteroatoms. The molecule has 0 unspecified atom stereocenters. The first-order valence-corrected chi connectivity index (χ1v) is 9.23. The smallest absolute Gasteiger partial charge is 0.263 e. The minimum Gasteiger partial charge on any atom is -0.356 e. The van der Waals surface area contributed by atoms with E-state index >= 15 is 0 Å². The average molecular weight is 380 g/mol. The summed E-state index contributed by atoms with van der Waals surface area (Å²) >= 11 is 7.32. The number of aromatic nitrogens is 1. The number of carbonyl (C=O) groups excluding carboxylic acids is 1. The number of guanidine groups is 1. The van der Waals surface area contributed by atoms with Gasteiger partial charge in [0.05, 0.1) is 11.2 Å². The van der Waals surface area contributed by atoms with Crippen LogP contribution in [0.1, 0.15) is 20.9 Å². The molecule has 0 fully saturated rings. The lowest BCUT2D eigenvalue weighted by Gasteiger charge is -2.12. The Balaban J connectivity index is 1.65. The molecule has 1 aromatic carbocycles. The highest BCUT2D eigenvalue weighted by molar-refractivity contribution is 7.11. The fraction of sp³-hybridized carbons (Fsp3) is 0.353. The lowest BCUT2D eigenvalue weighted by atomic mass is 10.1. The fourth-order valence-electron chi connectivity index (χ4n) is 2.20. The summed E-state index contributed by atoms with van der Waals surface area (Å²) in [5, 5.41) is 10.0. The molecule has 0 atom stereocenters. The quantitative estimate of drug-likeness (QED) is 0.391. The molecular formula is C17H22ClN5OS. The maximum atomic E-state index is 12.0. The molecule has 0 saturated carbocycles. The lowest BCUT2D eigenvalue weighted by molar-refractivity contribution is 0.0957. The molecule has 0 spiro atoms. The van der Waals surface area contributed by atoms with E-state index in [-0.39, 0.29) is 5.91 Å². The number of benzene rings is 1. The van der Waals surface area contributed by atoms with E-state index in [1.807, 2.05) is 31.2 Å². The van der Waals surface area contributed by atoms with Gasteiger partial charge in [-0.05, 0) is 31.0 Å². The van der Waals surface area contributed by atoms with E-state index < -0.39 is 0 Å². The van der Waals surface area contributed by atoms with Gasteiger partial charge >= 0.3 is 0 Å². The normalized spacial score (nSPS) is 11.2. The molecule has 2 aromatic rings. The van der Waals surface area contributed by atoms with Crippen LogP contribution in [-0.2, 0) is 6.42 Å². The van der Waals surface area contributed by atoms with E-state index in [1.165, 1.54) is 16.9 Å². The van der Waals surface area contributed by atoms with Crippen molar-refractivity contribution in [3.8, 4) is 0 Å². The predicted octanol–water partition coefficient (Wildman–Crippen LogP) is 2.24. The molecule has 3 N–H and O–H groups in total. The zero-order valence-electron chi connectivity index (χ0n) is 14.3. The summed E-state index contributed by atoms with van der Waals surface area (Å²) in [7, 11) is 1.72. The van der Waals surface area contributed by atoms with Gasteiger partial charge in [-0.3, -0.25) is 9.79 Å². The van der Waals surface area contributed by atoms with Gasteiger partial charge in [0.15, 0.2) is 5.96 Å². The van der Waals surface area contributed by atoms with E-state index in [9.17, 15) is 4.79 Å². The molecule has 0 bridgehead atoms. The molecule has 1 aromatic heterocycles. The SMILES string of the molecule is CN=C(NCCNC(=O)c1scnc1C)NCCc1cccc(Cl)c1. The molecule has 1 amide bonds. The fourth-order valence-corrected chi connectivity index (χ4v) is 3.13. The zero-order chi connectivity index (χ0) is 18.1. The average Bonchev–Trinajstić information content (AvgIpc) is 3.03. The summed E-state index contributed by atoms with van der Waals surface area (Å²) in [5.41, 5.74) is 3.60. The summed E-state index contributed by atoms with van der Waals surface area (Å²) in [6, 6.07) is 7.80. The van der Waals surface area contributed by atoms with Gasteiger partial charge in [-0.2, -0.15) is 0 Å². The summed E-state index contributed by atoms with van der Waals surface area (Å²) in [4.78, 5) is 20.9. The predicted molar refractivity (Wildman–Crippen MR) is 104 cm³/mol. The third-order valence-corrected chi connectivity index (χ3v) is 4.64. The van der Waals surface area contributed by atoms with Crippen LogP contribution in [0, 0.1) is 6.92 Å². The van der Waals surface area contributed by atoms with Crippen LogP contribution in [0.2, 0.25) is 5.02 Å². The highest BCUT2D eigenvalue weighted by Gasteiger charge is 2.10. The molecule has 2 rings (SSSR count). The van der Waals surface area contributed by atoms with Crippen molar-refractivity contribution in [1.29, 1.82) is 0 Å². The monoisotopic (exact) mass is 379 g/mol. The van der Waals surface area contributed by atoms with E-state index in [4.69, 9.17) is 11.6 Å². The Labute approximate surface area is 156 Å². The second-order valence-electron chi connectivity index (χ2n) is 5.33. The van der Waals surface area contributed by atoms with Crippen LogP contribution in [0.4, 0.5) is 0 Å². The molecule has 0 aliphatic carbocycles. The molecule has 0 radical (unpaired) electrons. The van der Waals surface area contributed by atoms with Crippen molar-refractivity contribution in [3.05, 3.63) is 50.9 Å². The van der Waals surface area contributed by atoms with Crippen molar-refractivity contribution in [2.24, 2.45) is 4.99 Å². The maximum absolute atomic E-state index is 12.0. The highest BCUT2D eigenvalue weighted by atomic mass is 35.5. The Morgan fingerprint density at radius 2 is 2.00 bits per heavy atom. The lowest BCUT2D eigenvalue weighted by Crippen LogP contribution is -2.42. The first-order chi connectivity index (χ1) is 12.1. The van der Waals surface area contributed by atoms with Crippen LogP contribution in [0.15, 0.2) is 34.8 Å². The number of carbonyl (C=O) groups is 1. The first-order valence-electron chi connectivity index (χ1n) is 7.97. The van der Waals surface area contributed by atoms with E-state index in [0.29, 0.717) is 23.9 Å². The topological polar surface area (TPSA) is 78.4 Å². The molecule has 0 saturated heterocycles. The van der Waals surface area contributed by atoms with Gasteiger partial charge in [0.1, 0.15) is 4.88 Å². The van der Waals surface area contributed by atoms with Crippen molar-refractivity contribution in [1.82, 2.24) is 20.9 Å². The second kappa shape index (κ2) is 10.0. The molecular weight excluding hydrogens is 358 g/mol. The number of nitrogens with one attached hydrogen (secondary N) is 3. The van der Waals surface area contributed by atoms with Gasteiger partial charge < -0.3 is 16.0 Å². The van der Waals surface area contributed by atoms with Gasteiger partial charge in [-0.25, -0.2) is 4.98 Å². The van der Waals surface area contributed by atoms with Crippen molar-refractivity contribution < 1.29 is 4.79 Å². The standard InChI is InChI=1S/C17H22ClN5OS/c1-12-15(25-11-23-12)16(24)20-8-9-22-17(19-2)21-7-6-13-4-3-5-14(18)10-13/h3-5,10-11H,6-9H2,1-2H3,(H,20,24)(H2,19,21,22). The largest absolute Gasteiger partial charge is 0.356 e. The van der Waals surface area contributed by atoms with Crippen LogP contribution in [0.5, 0.6) is 0 Å². The summed E-state index contributed by atoms with van der Waals surface area (Å²) in [6.45, 7) is 3.66. The number of hydrogen-bond acceptors (Lipinski definition) is 4. The van der Waals surface area contributed by atoms with Crippen LogP contribution in [0.25, 0.3) is 0 Å². The number of rotatable bonds is 7. The van der Waals surface area contributed by atoms with E-state index in [0.717, 1.165) is 23.7 Å². The van der Waals surface area contributed by atoms with Crippen molar-refractivity contribution in [2.45, 2.75) is 13.3 Å². The number of halogens is 1. The Morgan fingerprint density at radius 3 is 2.68 bits per heavy atom. The van der Waals surface area contributed by atoms with Crippen LogP contribution < -0.4 is 16.0 Å². The summed E-state index contributed by atoms with van der Waals surface area (Å²) in [5.74, 6) is 0.607. The van der Waals surface area contributed by atoms with Crippen molar-refractivity contribution in [2.75, 3.05) is 26.7 Å². The molecule has 0 aliphatic rings. The first kappa shape index (κ1) is 19.2. The van der Waals surface area contributed by atoms with Crippen LogP contribution >= 0.6 is 22.9 Å². The maximum Gasteiger partial charge on any atom is 0.263 e. The molecule has 0 aliphatic heterocycles. The number of amides is 1. The Bertz CT molecular complexity index is 731. The minimum absolute atomic E-state index is 0.0919. The summed E-state index contributed by atoms with van der Waals surface area (Å²) in [6.07, 6.45) is 0.850. The third-order valence-electron chi connectivity index (χ3n) is 3.47. The Hall–Kier alpha value is -2.12. The van der Waals surface area contributed by atoms with Gasteiger partial charge in [0.25, 0.3) is 5.91 Å². The Morgan fingerprint density at radius 1 is 1.24 bits per heavy atom. The van der Waals surface area contributed by atoms with E-state index in [2.05, 4.69) is 25.9 Å². The number of hydrogen-bond donors (Lipinski definition) is 3. The summed E-state index contributed by atoms with van der Waals surface area (Å²) < 4.78 is 0. The molecule has 6 nitrogen and oxygen atoms in total. The second-order valence-corrected chi connectivity index (χ2v) is 6.62. The number of aryl methyl sites for hydroxylation is 1.